The van der Waals surface area contributed by atoms with E-state index in [9.17, 15) is 23.9 Å². The van der Waals surface area contributed by atoms with Crippen LogP contribution in [0, 0.1) is 5.41 Å². The monoisotopic (exact) mass is 779 g/mol. The van der Waals surface area contributed by atoms with Gasteiger partial charge in [0.15, 0.2) is 11.6 Å². The molecular formula is C42H50FN9O5. The lowest BCUT2D eigenvalue weighted by atomic mass is 9.90. The van der Waals surface area contributed by atoms with Crippen LogP contribution >= 0.6 is 0 Å². The van der Waals surface area contributed by atoms with Crippen molar-refractivity contribution >= 4 is 40.5 Å². The van der Waals surface area contributed by atoms with Crippen molar-refractivity contribution in [2.75, 3.05) is 59.8 Å². The Morgan fingerprint density at radius 1 is 1.09 bits per heavy atom. The van der Waals surface area contributed by atoms with Crippen LogP contribution in [0.25, 0.3) is 11.3 Å². The highest BCUT2D eigenvalue weighted by Crippen LogP contribution is 2.40. The summed E-state index contributed by atoms with van der Waals surface area (Å²) in [5.74, 6) is -1.94. The zero-order valence-electron chi connectivity index (χ0n) is 33.0. The fraction of sp³-hybridized carbons (Fsp3) is 0.452. The largest absolute Gasteiger partial charge is 0.392 e. The van der Waals surface area contributed by atoms with Crippen LogP contribution in [0.3, 0.4) is 0 Å². The number of aliphatic hydroxyl groups is 1. The van der Waals surface area contributed by atoms with Gasteiger partial charge in [0, 0.05) is 100.0 Å². The number of benzene rings is 1. The van der Waals surface area contributed by atoms with Gasteiger partial charge in [-0.2, -0.15) is 0 Å². The molecule has 3 aliphatic heterocycles. The molecule has 14 nitrogen and oxygen atoms in total. The van der Waals surface area contributed by atoms with Gasteiger partial charge in [-0.05, 0) is 73.9 Å². The van der Waals surface area contributed by atoms with Crippen molar-refractivity contribution in [1.82, 2.24) is 24.0 Å². The summed E-state index contributed by atoms with van der Waals surface area (Å²) in [5.41, 5.74) is 5.58. The molecule has 15 heteroatoms. The number of carbonyl (C=O) groups is 2. The first-order valence-electron chi connectivity index (χ1n) is 19.7. The lowest BCUT2D eigenvalue weighted by Crippen LogP contribution is -2.56. The van der Waals surface area contributed by atoms with E-state index in [1.165, 1.54) is 15.8 Å². The molecule has 1 atom stereocenters. The number of anilines is 5. The molecule has 0 saturated carbocycles. The van der Waals surface area contributed by atoms with Crippen molar-refractivity contribution in [3.8, 4) is 11.3 Å². The Balaban J connectivity index is 1.08. The third-order valence-corrected chi connectivity index (χ3v) is 11.8. The van der Waals surface area contributed by atoms with E-state index in [1.54, 1.807) is 42.5 Å². The molecule has 0 radical (unpaired) electrons. The summed E-state index contributed by atoms with van der Waals surface area (Å²) in [6.45, 7) is 14.3. The van der Waals surface area contributed by atoms with Crippen molar-refractivity contribution in [2.24, 2.45) is 12.5 Å². The van der Waals surface area contributed by atoms with Gasteiger partial charge in [-0.1, -0.05) is 20.4 Å². The minimum Gasteiger partial charge on any atom is -0.392 e. The van der Waals surface area contributed by atoms with Crippen molar-refractivity contribution in [1.29, 1.82) is 0 Å². The van der Waals surface area contributed by atoms with Gasteiger partial charge in [-0.15, -0.1) is 0 Å². The molecule has 2 saturated heterocycles. The molecule has 6 heterocycles. The van der Waals surface area contributed by atoms with Gasteiger partial charge in [0.05, 0.1) is 23.7 Å². The first-order valence-corrected chi connectivity index (χ1v) is 19.7. The van der Waals surface area contributed by atoms with Gasteiger partial charge in [0.2, 0.25) is 0 Å². The Kier molecular flexibility index (Phi) is 10.2. The van der Waals surface area contributed by atoms with Crippen LogP contribution in [-0.4, -0.2) is 92.4 Å². The number of fused-ring (bicyclic) bond motifs is 3. The highest BCUT2D eigenvalue weighted by Gasteiger charge is 2.38. The normalized spacial score (nSPS) is 19.7. The molecule has 4 aliphatic rings. The fourth-order valence-corrected chi connectivity index (χ4v) is 9.06. The summed E-state index contributed by atoms with van der Waals surface area (Å²) >= 11 is 0. The van der Waals surface area contributed by atoms with Gasteiger partial charge in [-0.25, -0.2) is 14.4 Å². The maximum absolute atomic E-state index is 14.0. The van der Waals surface area contributed by atoms with E-state index in [-0.39, 0.29) is 23.2 Å². The van der Waals surface area contributed by atoms with E-state index < -0.39 is 23.9 Å². The lowest BCUT2D eigenvalue weighted by molar-refractivity contribution is -0.114. The van der Waals surface area contributed by atoms with Gasteiger partial charge in [0.25, 0.3) is 17.4 Å². The van der Waals surface area contributed by atoms with Gasteiger partial charge < -0.3 is 34.5 Å². The molecule has 2 fully saturated rings. The molecule has 3 N–H and O–H groups in total. The fourth-order valence-electron chi connectivity index (χ4n) is 9.06. The number of aryl methyl sites for hydroxylation is 1. The van der Waals surface area contributed by atoms with E-state index in [1.807, 2.05) is 12.1 Å². The number of nitrogens with zero attached hydrogens (tertiary/aromatic N) is 7. The summed E-state index contributed by atoms with van der Waals surface area (Å²) in [7, 11) is 1.60. The molecular weight excluding hydrogens is 730 g/mol. The molecule has 2 amide bonds. The SMILES string of the molecule is C=C(F)C(=O)Nc1cc(Nc2nc(-c3ccnc(N4CCn5c(cc6c5CC(C)(C)C6)C4=O)c3CO)cn(C)c2=O)ccc1N1CCN(C2CCOCC2)CC1C. The molecule has 4 aromatic rings. The quantitative estimate of drug-likeness (QED) is 0.203. The summed E-state index contributed by atoms with van der Waals surface area (Å²) in [5, 5.41) is 16.5. The zero-order valence-corrected chi connectivity index (χ0v) is 33.0. The number of aromatic nitrogens is 4. The predicted octanol–water partition coefficient (Wildman–Crippen LogP) is 4.78. The predicted molar refractivity (Wildman–Crippen MR) is 217 cm³/mol. The van der Waals surface area contributed by atoms with Gasteiger partial charge in [0.1, 0.15) is 11.5 Å². The number of halogens is 1. The van der Waals surface area contributed by atoms with E-state index in [0.717, 1.165) is 52.0 Å². The van der Waals surface area contributed by atoms with Crippen LogP contribution < -0.4 is 26.0 Å². The summed E-state index contributed by atoms with van der Waals surface area (Å²) in [4.78, 5) is 55.7. The molecule has 300 valence electrons. The smallest absolute Gasteiger partial charge is 0.293 e. The lowest BCUT2D eigenvalue weighted by Gasteiger charge is -2.45. The first-order chi connectivity index (χ1) is 27.3. The molecule has 57 heavy (non-hydrogen) atoms. The zero-order chi connectivity index (χ0) is 40.2. The van der Waals surface area contributed by atoms with E-state index in [2.05, 4.69) is 57.3 Å². The number of piperazine rings is 1. The number of ether oxygens (including phenoxy) is 1. The molecule has 3 aromatic heterocycles. The highest BCUT2D eigenvalue weighted by molar-refractivity contribution is 6.06. The van der Waals surface area contributed by atoms with Crippen LogP contribution in [0.1, 0.15) is 60.9 Å². The number of hydrogen-bond donors (Lipinski definition) is 3. The first kappa shape index (κ1) is 38.5. The molecule has 8 rings (SSSR count). The van der Waals surface area contributed by atoms with Crippen LogP contribution in [-0.2, 0) is 42.6 Å². The second kappa shape index (κ2) is 15.2. The number of aliphatic hydroxyl groups excluding tert-OH is 1. The van der Waals surface area contributed by atoms with Crippen LogP contribution in [0.5, 0.6) is 0 Å². The average Bonchev–Trinajstić information content (AvgIpc) is 3.69. The van der Waals surface area contributed by atoms with Crippen molar-refractivity contribution < 1.29 is 23.8 Å². The summed E-state index contributed by atoms with van der Waals surface area (Å²) in [6.07, 6.45) is 6.98. The van der Waals surface area contributed by atoms with Crippen molar-refractivity contribution in [2.45, 2.75) is 71.7 Å². The maximum Gasteiger partial charge on any atom is 0.293 e. The highest BCUT2D eigenvalue weighted by atomic mass is 19.1. The van der Waals surface area contributed by atoms with E-state index in [0.29, 0.717) is 71.1 Å². The van der Waals surface area contributed by atoms with E-state index in [4.69, 9.17) is 9.72 Å². The number of carbonyl (C=O) groups excluding carboxylic acids is 2. The van der Waals surface area contributed by atoms with Crippen molar-refractivity contribution in [3.63, 3.8) is 0 Å². The molecule has 1 aliphatic carbocycles. The Morgan fingerprint density at radius 2 is 1.88 bits per heavy atom. The Bertz CT molecular complexity index is 2310. The van der Waals surface area contributed by atoms with Crippen LogP contribution in [0.4, 0.5) is 33.1 Å². The minimum absolute atomic E-state index is 0.0139. The van der Waals surface area contributed by atoms with Gasteiger partial charge >= 0.3 is 0 Å². The van der Waals surface area contributed by atoms with Gasteiger partial charge in [-0.3, -0.25) is 24.2 Å². The topological polar surface area (TPSA) is 150 Å². The van der Waals surface area contributed by atoms with Crippen molar-refractivity contribution in [3.05, 3.63) is 88.0 Å². The Morgan fingerprint density at radius 3 is 2.61 bits per heavy atom. The third kappa shape index (κ3) is 7.35. The molecule has 1 unspecified atom stereocenters. The number of pyridine rings is 1. The standard InChI is InChI=1S/C42H50FN9O5/c1-25-22-49(29-9-16-57-17-10-29)12-13-50(25)34-7-6-28(19-32(34)47-39(54)26(2)43)45-37-41(56)48(5)23-33(46-37)30-8-11-44-38(31(30)24-53)52-15-14-51-35(40(52)55)18-27-20-42(3,4)21-36(27)51/h6-8,11,18-19,23,25,29,53H,2,9-10,12-17,20-22,24H2,1,3-5H3,(H,45,46)(H,47,54). The minimum atomic E-state index is -1.12. The second-order valence-corrected chi connectivity index (χ2v) is 16.4. The second-order valence-electron chi connectivity index (χ2n) is 16.4. The number of rotatable bonds is 9. The molecule has 0 spiro atoms. The Labute approximate surface area is 331 Å². The third-order valence-electron chi connectivity index (χ3n) is 11.8. The van der Waals surface area contributed by atoms with Crippen LogP contribution in [0.2, 0.25) is 0 Å². The summed E-state index contributed by atoms with van der Waals surface area (Å²) < 4.78 is 23.1. The number of hydrogen-bond acceptors (Lipinski definition) is 10. The maximum atomic E-state index is 14.0. The average molecular weight is 780 g/mol. The number of amides is 2. The summed E-state index contributed by atoms with van der Waals surface area (Å²) in [6, 6.07) is 9.55. The Hall–Kier alpha value is -5.38. The van der Waals surface area contributed by atoms with E-state index >= 15 is 0 Å². The number of nitrogens with one attached hydrogen (secondary N) is 2. The molecule has 1 aromatic carbocycles. The van der Waals surface area contributed by atoms with Crippen LogP contribution in [0.15, 0.2) is 59.9 Å². The molecule has 0 bridgehead atoms.